The Morgan fingerprint density at radius 2 is 2.08 bits per heavy atom. The number of hydrogen-bond donors (Lipinski definition) is 1. The topological polar surface area (TPSA) is 79.6 Å². The zero-order valence-electron chi connectivity index (χ0n) is 14.9. The molecule has 1 aromatic carbocycles. The number of aryl methyl sites for hydroxylation is 2. The zero-order chi connectivity index (χ0) is 19.2. The van der Waals surface area contributed by atoms with Crippen LogP contribution in [0.2, 0.25) is 0 Å². The van der Waals surface area contributed by atoms with Crippen molar-refractivity contribution in [3.05, 3.63) is 53.5 Å². The van der Waals surface area contributed by atoms with Gasteiger partial charge in [-0.05, 0) is 37.6 Å². The first kappa shape index (κ1) is 19.8. The van der Waals surface area contributed by atoms with Crippen molar-refractivity contribution in [2.24, 2.45) is 0 Å². The molecule has 0 aliphatic rings. The van der Waals surface area contributed by atoms with Gasteiger partial charge in [-0.15, -0.1) is 6.42 Å². The molecule has 1 N–H and O–H groups in total. The van der Waals surface area contributed by atoms with Gasteiger partial charge in [-0.2, -0.15) is 0 Å². The van der Waals surface area contributed by atoms with Crippen molar-refractivity contribution in [1.29, 1.82) is 0 Å². The normalized spacial score (nSPS) is 11.1. The highest BCUT2D eigenvalue weighted by atomic mass is 32.2. The minimum absolute atomic E-state index is 0.00624. The van der Waals surface area contributed by atoms with Crippen molar-refractivity contribution >= 4 is 15.9 Å². The van der Waals surface area contributed by atoms with Crippen LogP contribution in [0.3, 0.4) is 0 Å². The van der Waals surface area contributed by atoms with Crippen molar-refractivity contribution < 1.29 is 17.6 Å². The molecule has 0 radical (unpaired) electrons. The molecule has 0 fully saturated rings. The lowest BCUT2D eigenvalue weighted by molar-refractivity contribution is -0.131. The summed E-state index contributed by atoms with van der Waals surface area (Å²) in [7, 11) is -3.67. The fourth-order valence-electron chi connectivity index (χ4n) is 2.56. The van der Waals surface area contributed by atoms with E-state index in [1.807, 2.05) is 6.92 Å². The van der Waals surface area contributed by atoms with Crippen molar-refractivity contribution in [3.63, 3.8) is 0 Å². The number of benzene rings is 1. The summed E-state index contributed by atoms with van der Waals surface area (Å²) in [5.74, 6) is 2.80. The predicted molar refractivity (Wildman–Crippen MR) is 98.7 cm³/mol. The first-order chi connectivity index (χ1) is 12.3. The van der Waals surface area contributed by atoms with E-state index in [0.717, 1.165) is 5.56 Å². The van der Waals surface area contributed by atoms with Gasteiger partial charge in [0, 0.05) is 13.0 Å². The quantitative estimate of drug-likeness (QED) is 0.719. The Bertz CT molecular complexity index is 896. The van der Waals surface area contributed by atoms with E-state index in [1.54, 1.807) is 37.3 Å². The fraction of sp³-hybridized carbons (Fsp3) is 0.316. The number of hydrogen-bond acceptors (Lipinski definition) is 4. The maximum absolute atomic E-state index is 12.4. The molecule has 0 aliphatic heterocycles. The summed E-state index contributed by atoms with van der Waals surface area (Å²) >= 11 is 0. The molecule has 0 aliphatic carbocycles. The van der Waals surface area contributed by atoms with Gasteiger partial charge >= 0.3 is 0 Å². The van der Waals surface area contributed by atoms with Gasteiger partial charge in [-0.3, -0.25) is 4.79 Å². The van der Waals surface area contributed by atoms with E-state index < -0.39 is 10.0 Å². The Hall–Kier alpha value is -2.56. The molecule has 0 bridgehead atoms. The first-order valence-electron chi connectivity index (χ1n) is 8.14. The summed E-state index contributed by atoms with van der Waals surface area (Å²) in [6, 6.07) is 8.59. The van der Waals surface area contributed by atoms with Crippen LogP contribution in [-0.2, 0) is 21.4 Å². The minimum Gasteiger partial charge on any atom is -0.467 e. The van der Waals surface area contributed by atoms with Gasteiger partial charge < -0.3 is 9.32 Å². The average molecular weight is 374 g/mol. The van der Waals surface area contributed by atoms with Gasteiger partial charge in [0.05, 0.1) is 24.2 Å². The Balaban J connectivity index is 1.96. The van der Waals surface area contributed by atoms with Gasteiger partial charge in [0.1, 0.15) is 5.76 Å². The molecule has 26 heavy (non-hydrogen) atoms. The fourth-order valence-corrected chi connectivity index (χ4v) is 3.82. The molecular weight excluding hydrogens is 352 g/mol. The molecule has 7 heteroatoms. The van der Waals surface area contributed by atoms with Crippen LogP contribution in [0.25, 0.3) is 0 Å². The average Bonchev–Trinajstić information content (AvgIpc) is 3.07. The second kappa shape index (κ2) is 8.70. The summed E-state index contributed by atoms with van der Waals surface area (Å²) in [6.45, 7) is 4.01. The molecule has 0 unspecified atom stereocenters. The SMILES string of the molecule is C#CCN(Cc1ccco1)C(=O)CCNS(=O)(=O)c1ccc(C)cc1C. The Morgan fingerprint density at radius 1 is 1.31 bits per heavy atom. The van der Waals surface area contributed by atoms with Crippen LogP contribution in [0, 0.1) is 26.2 Å². The van der Waals surface area contributed by atoms with E-state index in [4.69, 9.17) is 10.8 Å². The van der Waals surface area contributed by atoms with Crippen LogP contribution in [0.15, 0.2) is 45.9 Å². The molecule has 1 heterocycles. The lowest BCUT2D eigenvalue weighted by Gasteiger charge is -2.19. The monoisotopic (exact) mass is 374 g/mol. The summed E-state index contributed by atoms with van der Waals surface area (Å²) in [4.78, 5) is 14.0. The number of carbonyl (C=O) groups excluding carboxylic acids is 1. The number of carbonyl (C=O) groups is 1. The van der Waals surface area contributed by atoms with Crippen LogP contribution in [0.5, 0.6) is 0 Å². The molecule has 2 rings (SSSR count). The first-order valence-corrected chi connectivity index (χ1v) is 9.62. The van der Waals surface area contributed by atoms with Gasteiger partial charge in [-0.1, -0.05) is 23.6 Å². The van der Waals surface area contributed by atoms with Crippen molar-refractivity contribution in [2.75, 3.05) is 13.1 Å². The maximum Gasteiger partial charge on any atom is 0.240 e. The number of terminal acetylenes is 1. The summed E-state index contributed by atoms with van der Waals surface area (Å²) < 4.78 is 32.5. The number of sulfonamides is 1. The molecule has 2 aromatic rings. The lowest BCUT2D eigenvalue weighted by atomic mass is 10.2. The summed E-state index contributed by atoms with van der Waals surface area (Å²) in [5.41, 5.74) is 1.65. The third kappa shape index (κ3) is 5.22. The molecule has 0 saturated carbocycles. The molecule has 138 valence electrons. The van der Waals surface area contributed by atoms with Gasteiger partial charge in [0.2, 0.25) is 15.9 Å². The molecule has 6 nitrogen and oxygen atoms in total. The number of nitrogens with zero attached hydrogens (tertiary/aromatic N) is 1. The van der Waals surface area contributed by atoms with E-state index >= 15 is 0 Å². The number of nitrogens with one attached hydrogen (secondary N) is 1. The highest BCUT2D eigenvalue weighted by Crippen LogP contribution is 2.16. The summed E-state index contributed by atoms with van der Waals surface area (Å²) in [5, 5.41) is 0. The summed E-state index contributed by atoms with van der Waals surface area (Å²) in [6.07, 6.45) is 6.84. The molecule has 0 spiro atoms. The zero-order valence-corrected chi connectivity index (χ0v) is 15.7. The van der Waals surface area contributed by atoms with Crippen molar-refractivity contribution in [1.82, 2.24) is 9.62 Å². The highest BCUT2D eigenvalue weighted by molar-refractivity contribution is 7.89. The molecule has 0 saturated heterocycles. The Morgan fingerprint density at radius 3 is 2.69 bits per heavy atom. The van der Waals surface area contributed by atoms with Crippen molar-refractivity contribution in [3.8, 4) is 12.3 Å². The van der Waals surface area contributed by atoms with Crippen LogP contribution < -0.4 is 4.72 Å². The molecule has 0 atom stereocenters. The second-order valence-electron chi connectivity index (χ2n) is 5.95. The number of amides is 1. The van der Waals surface area contributed by atoms with E-state index in [2.05, 4.69) is 10.6 Å². The third-order valence-electron chi connectivity index (χ3n) is 3.81. The smallest absolute Gasteiger partial charge is 0.240 e. The molecular formula is C19H22N2O4S. The highest BCUT2D eigenvalue weighted by Gasteiger charge is 2.19. The third-order valence-corrected chi connectivity index (χ3v) is 5.43. The van der Waals surface area contributed by atoms with E-state index in [1.165, 1.54) is 11.2 Å². The standard InChI is InChI=1S/C19H22N2O4S/c1-4-11-21(14-17-6-5-12-25-17)19(22)9-10-20-26(23,24)18-8-7-15(2)13-16(18)3/h1,5-8,12-13,20H,9-11,14H2,2-3H3. The number of rotatable bonds is 8. The van der Waals surface area contributed by atoms with Gasteiger partial charge in [0.15, 0.2) is 0 Å². The van der Waals surface area contributed by atoms with E-state index in [0.29, 0.717) is 11.3 Å². The Labute approximate surface area is 154 Å². The van der Waals surface area contributed by atoms with Gasteiger partial charge in [-0.25, -0.2) is 13.1 Å². The van der Waals surface area contributed by atoms with E-state index in [9.17, 15) is 13.2 Å². The second-order valence-corrected chi connectivity index (χ2v) is 7.69. The van der Waals surface area contributed by atoms with Crippen molar-refractivity contribution in [2.45, 2.75) is 31.7 Å². The van der Waals surface area contributed by atoms with E-state index in [-0.39, 0.29) is 36.9 Å². The van der Waals surface area contributed by atoms with Gasteiger partial charge in [0.25, 0.3) is 0 Å². The maximum atomic E-state index is 12.4. The Kier molecular flexibility index (Phi) is 6.61. The van der Waals surface area contributed by atoms with Crippen LogP contribution in [0.4, 0.5) is 0 Å². The molecule has 1 amide bonds. The largest absolute Gasteiger partial charge is 0.467 e. The van der Waals surface area contributed by atoms with Crippen LogP contribution in [0.1, 0.15) is 23.3 Å². The van der Waals surface area contributed by atoms with Crippen LogP contribution >= 0.6 is 0 Å². The number of furan rings is 1. The minimum atomic E-state index is -3.67. The van der Waals surface area contributed by atoms with Crippen LogP contribution in [-0.4, -0.2) is 32.3 Å². The predicted octanol–water partition coefficient (Wildman–Crippen LogP) is 2.23. The lowest BCUT2D eigenvalue weighted by Crippen LogP contribution is -2.34. The molecule has 1 aromatic heterocycles.